The Labute approximate surface area is 117 Å². The molecule has 0 aromatic carbocycles. The van der Waals surface area contributed by atoms with Gasteiger partial charge in [-0.3, -0.25) is 20.9 Å². The number of aliphatic carboxylic acids is 1. The number of nitrogens with two attached hydrogens (primary N) is 1. The summed E-state index contributed by atoms with van der Waals surface area (Å²) in [6.45, 7) is 1.26. The Hall–Kier alpha value is -1.97. The Morgan fingerprint density at radius 1 is 1.42 bits per heavy atom. The summed E-state index contributed by atoms with van der Waals surface area (Å²) in [5.41, 5.74) is 4.94. The van der Waals surface area contributed by atoms with Crippen LogP contribution < -0.4 is 16.4 Å². The first-order valence-corrected chi connectivity index (χ1v) is 5.72. The maximum atomic E-state index is 10.3. The average molecular weight is 292 g/mol. The predicted molar refractivity (Wildman–Crippen MR) is 75.6 cm³/mol. The van der Waals surface area contributed by atoms with E-state index in [1.165, 1.54) is 11.8 Å². The van der Waals surface area contributed by atoms with Gasteiger partial charge in [-0.15, -0.1) is 0 Å². The van der Waals surface area contributed by atoms with Crippen molar-refractivity contribution in [2.45, 2.75) is 13.0 Å². The quantitative estimate of drug-likeness (QED) is 0.190. The molecule has 0 heterocycles. The lowest BCUT2D eigenvalue weighted by atomic mass is 10.3. The minimum Gasteiger partial charge on any atom is -0.480 e. The molecule has 0 bridgehead atoms. The van der Waals surface area contributed by atoms with Crippen molar-refractivity contribution in [3.05, 3.63) is 0 Å². The third-order valence-corrected chi connectivity index (χ3v) is 1.92. The summed E-state index contributed by atoms with van der Waals surface area (Å²) >= 11 is 3.73. The lowest BCUT2D eigenvalue weighted by molar-refractivity contribution is -0.140. The molecule has 9 nitrogen and oxygen atoms in total. The minimum atomic E-state index is -1.06. The number of hydrogen-bond acceptors (Lipinski definition) is 5. The highest BCUT2D eigenvalue weighted by Gasteiger charge is 2.15. The van der Waals surface area contributed by atoms with E-state index < -0.39 is 12.0 Å². The maximum Gasteiger partial charge on any atom is 0.327 e. The first-order valence-electron chi connectivity index (χ1n) is 5.09. The van der Waals surface area contributed by atoms with Crippen LogP contribution in [0.25, 0.3) is 0 Å². The number of carbonyl (C=O) groups is 2. The monoisotopic (exact) mass is 292 g/mol. The van der Waals surface area contributed by atoms with Gasteiger partial charge in [0.25, 0.3) is 0 Å². The fourth-order valence-electron chi connectivity index (χ4n) is 0.670. The van der Waals surface area contributed by atoms with Crippen molar-refractivity contribution < 1.29 is 14.7 Å². The average Bonchev–Trinajstić information content (AvgIpc) is 2.25. The van der Waals surface area contributed by atoms with E-state index in [1.54, 1.807) is 14.1 Å². The lowest BCUT2D eigenvalue weighted by Crippen LogP contribution is -2.42. The van der Waals surface area contributed by atoms with Gasteiger partial charge in [-0.05, 0) is 0 Å². The van der Waals surface area contributed by atoms with Crippen molar-refractivity contribution in [2.75, 3.05) is 19.8 Å². The van der Waals surface area contributed by atoms with Crippen LogP contribution in [0.3, 0.4) is 0 Å². The van der Waals surface area contributed by atoms with E-state index >= 15 is 0 Å². The minimum absolute atomic E-state index is 0.106. The third-order valence-electron chi connectivity index (χ3n) is 1.56. The SMILES string of the molecule is CC(=O)N[C@@H](CS)C(=O)O.CN(C)C(=N)NC(=N)N. The van der Waals surface area contributed by atoms with Crippen LogP contribution in [-0.4, -0.2) is 59.7 Å². The van der Waals surface area contributed by atoms with Gasteiger partial charge in [0.05, 0.1) is 0 Å². The number of rotatable bonds is 3. The zero-order valence-corrected chi connectivity index (χ0v) is 11.9. The Balaban J connectivity index is 0. The molecule has 0 aliphatic carbocycles. The summed E-state index contributed by atoms with van der Waals surface area (Å²) in [6.07, 6.45) is 0. The molecule has 0 unspecified atom stereocenters. The molecular weight excluding hydrogens is 272 g/mol. The summed E-state index contributed by atoms with van der Waals surface area (Å²) in [7, 11) is 3.39. The number of carboxylic acids is 1. The van der Waals surface area contributed by atoms with Gasteiger partial charge >= 0.3 is 5.97 Å². The Morgan fingerprint density at radius 2 is 1.89 bits per heavy atom. The Bertz CT molecular complexity index is 347. The van der Waals surface area contributed by atoms with Gasteiger partial charge in [-0.2, -0.15) is 12.6 Å². The molecular formula is C9H20N6O3S. The fourth-order valence-corrected chi connectivity index (χ4v) is 0.918. The van der Waals surface area contributed by atoms with Crippen LogP contribution in [0.5, 0.6) is 0 Å². The van der Waals surface area contributed by atoms with Crippen LogP contribution in [0, 0.1) is 10.8 Å². The Morgan fingerprint density at radius 3 is 2.00 bits per heavy atom. The lowest BCUT2D eigenvalue weighted by Gasteiger charge is -2.13. The van der Waals surface area contributed by atoms with Crippen molar-refractivity contribution in [1.82, 2.24) is 15.5 Å². The smallest absolute Gasteiger partial charge is 0.327 e. The van der Waals surface area contributed by atoms with Gasteiger partial charge in [0.2, 0.25) is 5.91 Å². The molecule has 0 aliphatic rings. The van der Waals surface area contributed by atoms with Crippen molar-refractivity contribution in [1.29, 1.82) is 10.8 Å². The normalized spacial score (nSPS) is 10.3. The number of amides is 1. The number of guanidine groups is 2. The molecule has 1 atom stereocenters. The summed E-state index contributed by atoms with van der Waals surface area (Å²) in [4.78, 5) is 22.0. The van der Waals surface area contributed by atoms with Gasteiger partial charge in [-0.25, -0.2) is 4.79 Å². The van der Waals surface area contributed by atoms with E-state index in [0.717, 1.165) is 0 Å². The molecule has 0 aromatic heterocycles. The third kappa shape index (κ3) is 12.3. The highest BCUT2D eigenvalue weighted by Crippen LogP contribution is 1.86. The summed E-state index contributed by atoms with van der Waals surface area (Å²) in [6, 6.07) is -0.874. The molecule has 0 saturated heterocycles. The highest BCUT2D eigenvalue weighted by atomic mass is 32.1. The predicted octanol–water partition coefficient (Wildman–Crippen LogP) is -1.53. The molecule has 0 radical (unpaired) electrons. The van der Waals surface area contributed by atoms with Crippen LogP contribution in [0.4, 0.5) is 0 Å². The molecule has 0 saturated carbocycles. The Kier molecular flexibility index (Phi) is 10.2. The molecule has 0 fully saturated rings. The van der Waals surface area contributed by atoms with Crippen LogP contribution >= 0.6 is 12.6 Å². The van der Waals surface area contributed by atoms with E-state index in [-0.39, 0.29) is 23.6 Å². The molecule has 0 aliphatic heterocycles. The number of carboxylic acid groups (broad SMARTS) is 1. The van der Waals surface area contributed by atoms with Gasteiger partial charge in [0.1, 0.15) is 6.04 Å². The van der Waals surface area contributed by atoms with E-state index in [2.05, 4.69) is 23.3 Å². The topological polar surface area (TPSA) is 155 Å². The van der Waals surface area contributed by atoms with Crippen LogP contribution in [-0.2, 0) is 9.59 Å². The van der Waals surface area contributed by atoms with Crippen molar-refractivity contribution in [3.8, 4) is 0 Å². The number of hydrogen-bond donors (Lipinski definition) is 7. The summed E-state index contributed by atoms with van der Waals surface area (Å²) in [5, 5.41) is 26.7. The van der Waals surface area contributed by atoms with E-state index in [9.17, 15) is 9.59 Å². The second kappa shape index (κ2) is 10.00. The summed E-state index contributed by atoms with van der Waals surface area (Å²) < 4.78 is 0. The summed E-state index contributed by atoms with van der Waals surface area (Å²) in [5.74, 6) is -1.42. The van der Waals surface area contributed by atoms with Gasteiger partial charge in [-0.1, -0.05) is 0 Å². The molecule has 0 rings (SSSR count). The molecule has 0 aromatic rings. The molecule has 10 heteroatoms. The van der Waals surface area contributed by atoms with Crippen molar-refractivity contribution in [3.63, 3.8) is 0 Å². The maximum absolute atomic E-state index is 10.3. The highest BCUT2D eigenvalue weighted by molar-refractivity contribution is 7.80. The zero-order valence-electron chi connectivity index (χ0n) is 11.0. The molecule has 19 heavy (non-hydrogen) atoms. The first kappa shape index (κ1) is 19.4. The van der Waals surface area contributed by atoms with Gasteiger partial charge in [0.15, 0.2) is 11.9 Å². The zero-order chi connectivity index (χ0) is 15.6. The largest absolute Gasteiger partial charge is 0.480 e. The van der Waals surface area contributed by atoms with Crippen molar-refractivity contribution in [2.24, 2.45) is 5.73 Å². The van der Waals surface area contributed by atoms with E-state index in [4.69, 9.17) is 21.7 Å². The van der Waals surface area contributed by atoms with E-state index in [1.807, 2.05) is 0 Å². The second-order valence-corrected chi connectivity index (χ2v) is 3.92. The van der Waals surface area contributed by atoms with Crippen molar-refractivity contribution >= 4 is 36.4 Å². The standard InChI is InChI=1S/C5H9NO3S.C4H11N5/c1-3(7)6-4(2-10)5(8)9;1-9(2)4(7)8-3(5)6/h4,10H,2H2,1H3,(H,6,7)(H,8,9);1-2H3,(H5,5,6,7,8)/t4-;/m0./s1. The number of thiol groups is 1. The number of nitrogens with zero attached hydrogens (tertiary/aromatic N) is 1. The van der Waals surface area contributed by atoms with Crippen LogP contribution in [0.1, 0.15) is 6.92 Å². The van der Waals surface area contributed by atoms with Gasteiger partial charge in [0, 0.05) is 26.8 Å². The molecule has 110 valence electrons. The van der Waals surface area contributed by atoms with Gasteiger partial charge < -0.3 is 21.1 Å². The molecule has 0 spiro atoms. The fraction of sp³-hybridized carbons (Fsp3) is 0.556. The molecule has 7 N–H and O–H groups in total. The van der Waals surface area contributed by atoms with E-state index in [0.29, 0.717) is 0 Å². The number of nitrogens with one attached hydrogen (secondary N) is 4. The number of carbonyl (C=O) groups excluding carboxylic acids is 1. The van der Waals surface area contributed by atoms with Crippen LogP contribution in [0.15, 0.2) is 0 Å². The second-order valence-electron chi connectivity index (χ2n) is 3.56. The van der Waals surface area contributed by atoms with Crippen LogP contribution in [0.2, 0.25) is 0 Å². The first-order chi connectivity index (χ1) is 8.61. The molecule has 1 amide bonds.